The van der Waals surface area contributed by atoms with E-state index in [0.29, 0.717) is 24.1 Å². The number of phenols is 1. The van der Waals surface area contributed by atoms with Crippen molar-refractivity contribution in [1.29, 1.82) is 0 Å². The van der Waals surface area contributed by atoms with Crippen LogP contribution in [-0.2, 0) is 58.4 Å². The van der Waals surface area contributed by atoms with Gasteiger partial charge in [-0.2, -0.15) is 0 Å². The largest absolute Gasteiger partial charge is 0.508 e. The first-order chi connectivity index (χ1) is 60.1. The van der Waals surface area contributed by atoms with Crippen LogP contribution in [0, 0.1) is 29.6 Å². The van der Waals surface area contributed by atoms with Crippen LogP contribution in [0.25, 0.3) is 11.1 Å². The first-order valence-corrected chi connectivity index (χ1v) is 42.9. The fraction of sp³-hybridized carbons (Fsp3) is 0.494. The standard InChI is InChI=1S/C89H106ClN11O25/c1-7-20-93-21-22-120-50-14-10-43(11-15-50)79(110)95-63(104)35-58-81(112)97-68-48-31-60(76(126-87-77(75(108)74(107)62(37-102)124-87)125-64-36-88(5,91)78(109)39(4)121-64)61(32-48)123-59-19-13-45(30-56(59)90)73(106)71(85(116)94-58)100-80(111)57(92-6)23-38(2)3)122-51-16-8-42(9-17-51)72(105)70-86(117)99-69(84(115)96-66-46-25-40-24-41(27-46)28-47(66)26-40)53-33-49(103)34-55-65(53)52-29-44(12-18-54(52)89(55,118)119)67(82(113)101-70)98-83(68)114/h8-19,29-34,38-41,46-47,57-58,62,64,66-75,77-78,87,92-93,102-103,105-109,118-119H,7,20-28,35-37,91H2,1-6H3,(H,94,116)(H,96,115)(H,97,112)(H,98,114)(H,99,117)(H,100,111)(H,101,113)(H,95,104,110)/t39-,40?,41?,46?,47?,57+,58-,62+,64-,66?,67+,68+,69-,70-,71+,72+,73+,74+,75-,77+,78+,87-,88-/m0/s1. The number of imide groups is 1. The Balaban J connectivity index is 0.905. The van der Waals surface area contributed by atoms with E-state index in [0.717, 1.165) is 69.3 Å². The number of carbonyl (C=O) groups excluding carboxylic acids is 9. The lowest BCUT2D eigenvalue weighted by Gasteiger charge is -2.54. The van der Waals surface area contributed by atoms with Gasteiger partial charge in [0.1, 0.15) is 96.4 Å². The number of aliphatic hydroxyl groups is 8. The monoisotopic (exact) mass is 1760 g/mol. The predicted molar refractivity (Wildman–Crippen MR) is 446 cm³/mol. The van der Waals surface area contributed by atoms with Crippen LogP contribution >= 0.6 is 11.6 Å². The summed E-state index contributed by atoms with van der Waals surface area (Å²) in [6.07, 6.45) is -13.2. The molecule has 37 heteroatoms. The average Bonchev–Trinajstić information content (AvgIpc) is 1.55. The van der Waals surface area contributed by atoms with Gasteiger partial charge in [0.2, 0.25) is 65.1 Å². The topological polar surface area (TPSA) is 547 Å². The van der Waals surface area contributed by atoms with E-state index >= 15 is 28.8 Å². The molecule has 18 rings (SSSR count). The van der Waals surface area contributed by atoms with Crippen LogP contribution in [-0.4, -0.2) is 217 Å². The summed E-state index contributed by atoms with van der Waals surface area (Å²) in [5.41, 5.74) is 3.20. The molecule has 2 saturated heterocycles. The summed E-state index contributed by atoms with van der Waals surface area (Å²) in [5.74, 6) is -15.1. The average molecular weight is 1770 g/mol. The Hall–Kier alpha value is -10.5. The Kier molecular flexibility index (Phi) is 26.5. The van der Waals surface area contributed by atoms with E-state index in [1.807, 2.05) is 20.8 Å². The second-order valence-electron chi connectivity index (χ2n) is 35.0. The van der Waals surface area contributed by atoms with Gasteiger partial charge in [-0.15, -0.1) is 0 Å². The molecule has 18 atom stereocenters. The van der Waals surface area contributed by atoms with Crippen molar-refractivity contribution < 1.29 is 122 Å². The van der Waals surface area contributed by atoms with Crippen LogP contribution < -0.4 is 77.8 Å². The second-order valence-corrected chi connectivity index (χ2v) is 35.4. The van der Waals surface area contributed by atoms with E-state index < -0.39 is 210 Å². The molecule has 0 radical (unpaired) electrons. The third kappa shape index (κ3) is 18.6. The number of ether oxygens (including phenoxy) is 7. The minimum absolute atomic E-state index is 0.0759. The van der Waals surface area contributed by atoms with Crippen molar-refractivity contribution in [1.82, 2.24) is 53.2 Å². The minimum atomic E-state index is -2.98. The summed E-state index contributed by atoms with van der Waals surface area (Å²) in [6, 6.07) is 8.28. The number of halogens is 1. The van der Waals surface area contributed by atoms with Crippen molar-refractivity contribution in [2.75, 3.05) is 33.4 Å². The number of aliphatic hydroxyl groups excluding tert-OH is 6. The molecule has 6 aromatic carbocycles. The van der Waals surface area contributed by atoms with Gasteiger partial charge in [0.25, 0.3) is 5.91 Å². The molecule has 6 aromatic rings. The molecule has 5 aliphatic carbocycles. The lowest BCUT2D eigenvalue weighted by Crippen LogP contribution is -2.64. The molecule has 126 heavy (non-hydrogen) atoms. The van der Waals surface area contributed by atoms with Crippen molar-refractivity contribution in [3.63, 3.8) is 0 Å². The lowest BCUT2D eigenvalue weighted by atomic mass is 9.54. The van der Waals surface area contributed by atoms with E-state index in [2.05, 4.69) is 53.2 Å². The fourth-order valence-electron chi connectivity index (χ4n) is 19.1. The van der Waals surface area contributed by atoms with Crippen LogP contribution in [0.4, 0.5) is 0 Å². The number of nitrogens with one attached hydrogen (secondary N) is 10. The van der Waals surface area contributed by atoms with Crippen LogP contribution in [0.15, 0.2) is 109 Å². The summed E-state index contributed by atoms with van der Waals surface area (Å²) >= 11 is 7.23. The quantitative estimate of drug-likeness (QED) is 0.0363. The number of benzene rings is 6. The highest BCUT2D eigenvalue weighted by Gasteiger charge is 2.54. The molecule has 6 fully saturated rings. The molecule has 7 heterocycles. The zero-order valence-electron chi connectivity index (χ0n) is 69.9. The Morgan fingerprint density at radius 3 is 2.02 bits per heavy atom. The molecule has 674 valence electrons. The first kappa shape index (κ1) is 90.3. The van der Waals surface area contributed by atoms with E-state index in [-0.39, 0.29) is 110 Å². The zero-order chi connectivity index (χ0) is 89.8. The first-order valence-electron chi connectivity index (χ1n) is 42.5. The Labute approximate surface area is 729 Å². The summed E-state index contributed by atoms with van der Waals surface area (Å²) in [6.45, 7) is 9.28. The Morgan fingerprint density at radius 2 is 1.36 bits per heavy atom. The number of aromatic hydroxyl groups is 1. The Bertz CT molecular complexity index is 5130. The smallest absolute Gasteiger partial charge is 0.257 e. The van der Waals surface area contributed by atoms with Crippen molar-refractivity contribution in [3.05, 3.63) is 159 Å². The third-order valence-electron chi connectivity index (χ3n) is 25.4. The molecule has 21 N–H and O–H groups in total. The van der Waals surface area contributed by atoms with Crippen molar-refractivity contribution in [2.24, 2.45) is 35.3 Å². The predicted octanol–water partition coefficient (Wildman–Crippen LogP) is 2.25. The van der Waals surface area contributed by atoms with E-state index in [4.69, 9.17) is 50.5 Å². The maximum absolute atomic E-state index is 16.7. The second kappa shape index (κ2) is 37.0. The summed E-state index contributed by atoms with van der Waals surface area (Å²) in [4.78, 5) is 139. The van der Waals surface area contributed by atoms with Crippen molar-refractivity contribution >= 4 is 64.8 Å². The van der Waals surface area contributed by atoms with Gasteiger partial charge in [-0.1, -0.05) is 62.7 Å². The summed E-state index contributed by atoms with van der Waals surface area (Å²) in [5, 5.41) is 135. The van der Waals surface area contributed by atoms with Crippen LogP contribution in [0.2, 0.25) is 5.02 Å². The van der Waals surface area contributed by atoms with E-state index in [1.165, 1.54) is 106 Å². The summed E-state index contributed by atoms with van der Waals surface area (Å²) < 4.78 is 45.0. The van der Waals surface area contributed by atoms with Gasteiger partial charge in [-0.3, -0.25) is 48.5 Å². The van der Waals surface area contributed by atoms with Crippen molar-refractivity contribution in [2.45, 2.75) is 213 Å². The molecule has 15 bridgehead atoms. The number of rotatable bonds is 21. The zero-order valence-corrected chi connectivity index (χ0v) is 70.6. The number of hydrogen-bond acceptors (Lipinski definition) is 28. The molecule has 12 aliphatic rings. The molecule has 9 amide bonds. The lowest BCUT2D eigenvalue weighted by molar-refractivity contribution is -0.333. The van der Waals surface area contributed by atoms with Gasteiger partial charge in [0.05, 0.1) is 36.3 Å². The van der Waals surface area contributed by atoms with Crippen LogP contribution in [0.3, 0.4) is 0 Å². The highest BCUT2D eigenvalue weighted by Crippen LogP contribution is 2.56. The Morgan fingerprint density at radius 1 is 0.690 bits per heavy atom. The highest BCUT2D eigenvalue weighted by molar-refractivity contribution is 6.32. The minimum Gasteiger partial charge on any atom is -0.508 e. The maximum atomic E-state index is 16.7. The highest BCUT2D eigenvalue weighted by atomic mass is 35.5. The summed E-state index contributed by atoms with van der Waals surface area (Å²) in [7, 11) is 1.48. The van der Waals surface area contributed by atoms with Crippen LogP contribution in [0.1, 0.15) is 172 Å². The van der Waals surface area contributed by atoms with Crippen molar-refractivity contribution in [3.8, 4) is 51.4 Å². The molecule has 0 aromatic heterocycles. The molecular weight excluding hydrogens is 1660 g/mol. The van der Waals surface area contributed by atoms with Gasteiger partial charge >= 0.3 is 0 Å². The fourth-order valence-corrected chi connectivity index (χ4v) is 19.3. The van der Waals surface area contributed by atoms with Gasteiger partial charge in [0.15, 0.2) is 23.9 Å². The number of nitrogens with two attached hydrogens (primary N) is 1. The maximum Gasteiger partial charge on any atom is 0.257 e. The normalized spacial score (nSPS) is 30.9. The number of amides is 9. The molecule has 4 saturated carbocycles. The molecule has 0 spiro atoms. The van der Waals surface area contributed by atoms with Gasteiger partial charge in [-0.05, 0) is 220 Å². The third-order valence-corrected chi connectivity index (χ3v) is 25.7. The number of fused-ring (bicyclic) bond motifs is 12. The van der Waals surface area contributed by atoms with Crippen LogP contribution in [0.5, 0.6) is 40.2 Å². The van der Waals surface area contributed by atoms with Gasteiger partial charge in [0, 0.05) is 41.2 Å². The van der Waals surface area contributed by atoms with E-state index in [1.54, 1.807) is 0 Å². The number of carbonyl (C=O) groups is 9. The number of hydrogen-bond donors (Lipinski definition) is 20. The van der Waals surface area contributed by atoms with Gasteiger partial charge < -0.3 is 133 Å². The SMILES string of the molecule is CCCNCCOc1ccc(C(=O)NC(=O)C[C@@H]2NC(=O)[C@H](NC(=O)[C@@H](CC(C)C)NC)[C@H](O)c3ccc(c(Cl)c3)Oc3cc4cc(c3O[C@@H]3O[C@H](CO)[C@@H](O)[C@H](O)[C@H]3O[C@H]3C[C@](C)(N)[C@H](O)[C@H](C)O3)Oc3ccc(cc3)[C@@H](O)[C@@H]3NC(=O)[C@H](NC(=O)[C@@H]4NC2=O)c2ccc4c(c2)-c2c(cc(O)cc2C4(O)O)[C@@H](C(=O)NC2C4CC5CC(C4)CC2C5)NC3=O)cc1. The molecule has 36 nitrogen and oxygen atoms in total. The van der Waals surface area contributed by atoms with Gasteiger partial charge in [-0.25, -0.2) is 0 Å². The molecule has 0 unspecified atom stereocenters. The number of likely N-dealkylation sites (N-methyl/N-ethyl adjacent to an activating group) is 1. The molecular formula is C89H106ClN11O25. The van der Waals surface area contributed by atoms with E-state index in [9.17, 15) is 60.3 Å². The molecule has 7 aliphatic heterocycles. The number of phenolic OH excluding ortho intramolecular Hbond substituents is 1.